The zero-order chi connectivity index (χ0) is 22.6. The molecule has 0 spiro atoms. The van der Waals surface area contributed by atoms with Crippen LogP contribution < -0.4 is 4.72 Å². The molecule has 1 unspecified atom stereocenters. The molecule has 1 fully saturated rings. The fourth-order valence-corrected chi connectivity index (χ4v) is 6.06. The van der Waals surface area contributed by atoms with E-state index in [2.05, 4.69) is 9.88 Å². The molecular weight excluding hydrogens is 459 g/mol. The van der Waals surface area contributed by atoms with Crippen molar-refractivity contribution in [3.63, 3.8) is 0 Å². The molecule has 1 atom stereocenters. The lowest BCUT2D eigenvalue weighted by Gasteiger charge is -2.40. The van der Waals surface area contributed by atoms with Crippen molar-refractivity contribution in [2.75, 3.05) is 0 Å². The molecule has 168 valence electrons. The third-order valence-electron chi connectivity index (χ3n) is 5.21. The summed E-state index contributed by atoms with van der Waals surface area (Å²) in [5.41, 5.74) is -3.94. The van der Waals surface area contributed by atoms with Crippen LogP contribution in [0.1, 0.15) is 36.8 Å². The highest BCUT2D eigenvalue weighted by atomic mass is 32.2. The van der Waals surface area contributed by atoms with Gasteiger partial charge < -0.3 is 5.21 Å². The summed E-state index contributed by atoms with van der Waals surface area (Å²) in [4.78, 5) is 0.356. The molecule has 0 aliphatic heterocycles. The van der Waals surface area contributed by atoms with E-state index in [0.717, 1.165) is 18.2 Å². The molecule has 31 heavy (non-hydrogen) atoms. The minimum absolute atomic E-state index is 0.0474. The number of alkyl halides is 3. The molecule has 3 rings (SSSR count). The number of oxime groups is 1. The maximum Gasteiger partial charge on any atom is 0.456 e. The lowest BCUT2D eigenvalue weighted by Crippen LogP contribution is -2.42. The SMILES string of the molecule is O=S(c1ccc(/C=N/O)cc1)C1(c2cc(F)ccc2F)CCC(NSC(F)(F)F)CC1. The van der Waals surface area contributed by atoms with Crippen LogP contribution in [0.2, 0.25) is 0 Å². The summed E-state index contributed by atoms with van der Waals surface area (Å²) in [6, 6.07) is 8.65. The summed E-state index contributed by atoms with van der Waals surface area (Å²) in [5, 5.41) is 11.5. The van der Waals surface area contributed by atoms with Gasteiger partial charge >= 0.3 is 5.51 Å². The second-order valence-corrected chi connectivity index (χ2v) is 9.83. The molecule has 1 saturated carbocycles. The Morgan fingerprint density at radius 1 is 1.13 bits per heavy atom. The van der Waals surface area contributed by atoms with Gasteiger partial charge in [0.25, 0.3) is 0 Å². The third kappa shape index (κ3) is 5.64. The number of nitrogens with one attached hydrogen (secondary N) is 1. The fourth-order valence-electron chi connectivity index (χ4n) is 3.72. The van der Waals surface area contributed by atoms with Gasteiger partial charge in [-0.3, -0.25) is 8.93 Å². The number of benzene rings is 2. The minimum atomic E-state index is -4.44. The lowest BCUT2D eigenvalue weighted by molar-refractivity contribution is -0.0339. The van der Waals surface area contributed by atoms with Crippen molar-refractivity contribution in [3.8, 4) is 0 Å². The first kappa shape index (κ1) is 23.7. The van der Waals surface area contributed by atoms with E-state index in [1.54, 1.807) is 12.1 Å². The molecule has 4 nitrogen and oxygen atoms in total. The fraction of sp³-hybridized carbons (Fsp3) is 0.350. The van der Waals surface area contributed by atoms with E-state index in [9.17, 15) is 26.2 Å². The number of hydrogen-bond donors (Lipinski definition) is 2. The predicted octanol–water partition coefficient (Wildman–Crippen LogP) is 5.48. The molecule has 11 heteroatoms. The Morgan fingerprint density at radius 3 is 2.35 bits per heavy atom. The van der Waals surface area contributed by atoms with E-state index in [4.69, 9.17) is 5.21 Å². The second kappa shape index (κ2) is 9.66. The third-order valence-corrected chi connectivity index (χ3v) is 7.93. The average Bonchev–Trinajstić information content (AvgIpc) is 2.74. The van der Waals surface area contributed by atoms with Gasteiger partial charge in [-0.15, -0.1) is 0 Å². The van der Waals surface area contributed by atoms with Crippen molar-refractivity contribution in [2.45, 2.75) is 46.9 Å². The molecule has 0 heterocycles. The Balaban J connectivity index is 1.93. The van der Waals surface area contributed by atoms with Crippen LogP contribution >= 0.6 is 11.9 Å². The molecule has 0 amide bonds. The van der Waals surface area contributed by atoms with Gasteiger partial charge in [-0.1, -0.05) is 17.3 Å². The van der Waals surface area contributed by atoms with Crippen LogP contribution in [0.15, 0.2) is 52.5 Å². The van der Waals surface area contributed by atoms with E-state index in [1.807, 2.05) is 0 Å². The molecule has 1 aliphatic carbocycles. The quantitative estimate of drug-likeness (QED) is 0.190. The summed E-state index contributed by atoms with van der Waals surface area (Å²) in [6.07, 6.45) is 1.82. The van der Waals surface area contributed by atoms with Crippen molar-refractivity contribution in [1.82, 2.24) is 4.72 Å². The number of halogens is 5. The number of rotatable bonds is 6. The Kier molecular flexibility index (Phi) is 7.38. The zero-order valence-electron chi connectivity index (χ0n) is 16.0. The van der Waals surface area contributed by atoms with Gasteiger partial charge in [0.05, 0.1) is 21.8 Å². The van der Waals surface area contributed by atoms with Gasteiger partial charge in [-0.2, -0.15) is 13.2 Å². The topological polar surface area (TPSA) is 61.7 Å². The normalized spacial score (nSPS) is 23.2. The minimum Gasteiger partial charge on any atom is -0.411 e. The monoisotopic (exact) mass is 478 g/mol. The largest absolute Gasteiger partial charge is 0.456 e. The van der Waals surface area contributed by atoms with Crippen molar-refractivity contribution in [2.24, 2.45) is 5.16 Å². The summed E-state index contributed by atoms with van der Waals surface area (Å²) in [6.45, 7) is 0. The molecule has 0 bridgehead atoms. The number of hydrogen-bond acceptors (Lipinski definition) is 5. The average molecular weight is 479 g/mol. The standard InChI is InChI=1S/C20H19F5N2O2S2/c21-14-3-6-18(22)17(11-14)19(9-7-15(8-10-19)27-30-20(23,24)25)31(29)16-4-1-13(2-5-16)12-26-28/h1-6,11-12,15,27-28H,7-10H2/b26-12+. The molecular formula is C20H19F5N2O2S2. The van der Waals surface area contributed by atoms with E-state index >= 15 is 0 Å². The van der Waals surface area contributed by atoms with Gasteiger partial charge in [-0.25, -0.2) is 8.78 Å². The molecule has 2 N–H and O–H groups in total. The van der Waals surface area contributed by atoms with Crippen LogP contribution in [0.5, 0.6) is 0 Å². The van der Waals surface area contributed by atoms with E-state index in [1.165, 1.54) is 18.3 Å². The maximum atomic E-state index is 14.7. The first-order valence-electron chi connectivity index (χ1n) is 9.30. The van der Waals surface area contributed by atoms with Crippen LogP contribution in [0, 0.1) is 11.6 Å². The molecule has 0 aromatic heterocycles. The first-order valence-corrected chi connectivity index (χ1v) is 11.3. The van der Waals surface area contributed by atoms with Gasteiger partial charge in [0.1, 0.15) is 11.6 Å². The highest BCUT2D eigenvalue weighted by Gasteiger charge is 2.45. The Bertz CT molecular complexity index is 959. The molecule has 1 aliphatic rings. The van der Waals surface area contributed by atoms with Crippen LogP contribution in [0.4, 0.5) is 22.0 Å². The maximum absolute atomic E-state index is 14.7. The van der Waals surface area contributed by atoms with Crippen molar-refractivity contribution >= 4 is 29.0 Å². The lowest BCUT2D eigenvalue weighted by atomic mass is 9.80. The summed E-state index contributed by atoms with van der Waals surface area (Å²) >= 11 is -0.340. The second-order valence-electron chi connectivity index (χ2n) is 7.14. The Morgan fingerprint density at radius 2 is 1.77 bits per heavy atom. The summed E-state index contributed by atoms with van der Waals surface area (Å²) in [7, 11) is -1.82. The Labute approximate surface area is 182 Å². The predicted molar refractivity (Wildman–Crippen MR) is 109 cm³/mol. The van der Waals surface area contributed by atoms with Gasteiger partial charge in [0.2, 0.25) is 0 Å². The molecule has 0 radical (unpaired) electrons. The summed E-state index contributed by atoms with van der Waals surface area (Å²) < 4.78 is 80.9. The Hall–Kier alpha value is -1.98. The van der Waals surface area contributed by atoms with E-state index in [0.29, 0.717) is 10.5 Å². The zero-order valence-corrected chi connectivity index (χ0v) is 17.7. The highest BCUT2D eigenvalue weighted by Crippen LogP contribution is 2.46. The summed E-state index contributed by atoms with van der Waals surface area (Å²) in [5.74, 6) is -1.40. The van der Waals surface area contributed by atoms with Gasteiger partial charge in [0.15, 0.2) is 0 Å². The first-order chi connectivity index (χ1) is 14.6. The van der Waals surface area contributed by atoms with Gasteiger partial charge in [0, 0.05) is 28.4 Å². The van der Waals surface area contributed by atoms with E-state index in [-0.39, 0.29) is 43.2 Å². The van der Waals surface area contributed by atoms with Crippen LogP contribution in [0.3, 0.4) is 0 Å². The van der Waals surface area contributed by atoms with E-state index < -0.39 is 38.7 Å². The van der Waals surface area contributed by atoms with Crippen LogP contribution in [-0.2, 0) is 15.5 Å². The highest BCUT2D eigenvalue weighted by molar-refractivity contribution is 7.98. The molecule has 0 saturated heterocycles. The van der Waals surface area contributed by atoms with Crippen LogP contribution in [0.25, 0.3) is 0 Å². The molecule has 2 aromatic rings. The van der Waals surface area contributed by atoms with Gasteiger partial charge in [-0.05, 0) is 61.6 Å². The molecule has 2 aromatic carbocycles. The smallest absolute Gasteiger partial charge is 0.411 e. The van der Waals surface area contributed by atoms with Crippen molar-refractivity contribution in [3.05, 3.63) is 65.2 Å². The number of nitrogens with zero attached hydrogens (tertiary/aromatic N) is 1. The van der Waals surface area contributed by atoms with Crippen molar-refractivity contribution in [1.29, 1.82) is 0 Å². The van der Waals surface area contributed by atoms with Crippen LogP contribution in [-0.4, -0.2) is 27.2 Å². The van der Waals surface area contributed by atoms with Crippen molar-refractivity contribution < 1.29 is 31.4 Å².